The summed E-state index contributed by atoms with van der Waals surface area (Å²) in [6.07, 6.45) is 0.553. The molecule has 0 saturated heterocycles. The van der Waals surface area contributed by atoms with Crippen molar-refractivity contribution in [1.82, 2.24) is 4.90 Å². The zero-order valence-corrected chi connectivity index (χ0v) is 18.3. The third kappa shape index (κ3) is 6.14. The second-order valence-corrected chi connectivity index (χ2v) is 7.58. The number of halogens is 1. The minimum Gasteiger partial charge on any atom is -0.482 e. The number of ether oxygens (including phenoxy) is 1. The monoisotopic (exact) mass is 451 g/mol. The Balaban J connectivity index is 1.86. The van der Waals surface area contributed by atoms with Gasteiger partial charge in [0.05, 0.1) is 11.0 Å². The molecular formula is C25H26FN3O4. The molecule has 1 amide bonds. The maximum Gasteiger partial charge on any atom is 0.311 e. The topological polar surface area (TPSA) is 98.7 Å². The van der Waals surface area contributed by atoms with Gasteiger partial charge in [-0.2, -0.15) is 0 Å². The zero-order chi connectivity index (χ0) is 23.8. The molecule has 2 N–H and O–H groups in total. The number of carbonyl (C=O) groups is 1. The van der Waals surface area contributed by atoms with Crippen molar-refractivity contribution in [2.24, 2.45) is 5.73 Å². The van der Waals surface area contributed by atoms with Gasteiger partial charge in [0.25, 0.3) is 5.91 Å². The molecule has 8 heteroatoms. The van der Waals surface area contributed by atoms with E-state index in [0.29, 0.717) is 19.5 Å². The Labute approximate surface area is 191 Å². The summed E-state index contributed by atoms with van der Waals surface area (Å²) >= 11 is 0. The van der Waals surface area contributed by atoms with Crippen molar-refractivity contribution in [3.8, 4) is 5.75 Å². The van der Waals surface area contributed by atoms with Crippen LogP contribution >= 0.6 is 0 Å². The average Bonchev–Trinajstić information content (AvgIpc) is 2.83. The van der Waals surface area contributed by atoms with Crippen molar-refractivity contribution in [3.05, 3.63) is 105 Å². The van der Waals surface area contributed by atoms with E-state index in [1.807, 2.05) is 37.3 Å². The highest BCUT2D eigenvalue weighted by Crippen LogP contribution is 2.31. The summed E-state index contributed by atoms with van der Waals surface area (Å²) < 4.78 is 19.0. The molecule has 0 aliphatic rings. The summed E-state index contributed by atoms with van der Waals surface area (Å²) in [6, 6.07) is 19.0. The number of carbonyl (C=O) groups excluding carboxylic acids is 1. The van der Waals surface area contributed by atoms with Crippen LogP contribution in [0.2, 0.25) is 0 Å². The first-order chi connectivity index (χ1) is 15.9. The number of hydrogen-bond donors (Lipinski definition) is 1. The predicted octanol–water partition coefficient (Wildman–Crippen LogP) is 4.87. The minimum atomic E-state index is -0.565. The molecule has 0 heterocycles. The van der Waals surface area contributed by atoms with E-state index >= 15 is 0 Å². The molecular weight excluding hydrogens is 425 g/mol. The van der Waals surface area contributed by atoms with E-state index in [-0.39, 0.29) is 41.4 Å². The molecule has 0 spiro atoms. The summed E-state index contributed by atoms with van der Waals surface area (Å²) in [7, 11) is 0. The molecule has 1 atom stereocenters. The van der Waals surface area contributed by atoms with Gasteiger partial charge in [-0.05, 0) is 55.3 Å². The summed E-state index contributed by atoms with van der Waals surface area (Å²) in [6.45, 7) is 2.73. The Morgan fingerprint density at radius 1 is 1.12 bits per heavy atom. The van der Waals surface area contributed by atoms with Gasteiger partial charge in [0.1, 0.15) is 12.4 Å². The summed E-state index contributed by atoms with van der Waals surface area (Å²) in [4.78, 5) is 26.1. The van der Waals surface area contributed by atoms with Crippen LogP contribution in [-0.4, -0.2) is 28.8 Å². The number of nitro groups is 1. The van der Waals surface area contributed by atoms with Gasteiger partial charge in [0.15, 0.2) is 5.75 Å². The van der Waals surface area contributed by atoms with Crippen LogP contribution in [0.4, 0.5) is 10.1 Å². The van der Waals surface area contributed by atoms with E-state index in [1.54, 1.807) is 17.0 Å². The van der Waals surface area contributed by atoms with Crippen LogP contribution < -0.4 is 10.5 Å². The Morgan fingerprint density at radius 2 is 1.82 bits per heavy atom. The molecule has 3 aromatic rings. The second-order valence-electron chi connectivity index (χ2n) is 7.58. The maximum absolute atomic E-state index is 13.3. The van der Waals surface area contributed by atoms with Crippen LogP contribution in [0.1, 0.15) is 40.9 Å². The number of nitrogens with two attached hydrogens (primary N) is 1. The van der Waals surface area contributed by atoms with E-state index in [0.717, 1.165) is 11.1 Å². The lowest BCUT2D eigenvalue weighted by atomic mass is 10.0. The van der Waals surface area contributed by atoms with Crippen molar-refractivity contribution >= 4 is 11.6 Å². The standard InChI is InChI=1S/C25H26FN3O4/c1-18(20-8-11-22(26)12-9-20)28(15-5-14-27)25(30)21-10-13-24(23(16-21)29(31)32)33-17-19-6-3-2-4-7-19/h2-4,6-13,16,18H,5,14-15,17,27H2,1H3. The van der Waals surface area contributed by atoms with Crippen molar-refractivity contribution in [1.29, 1.82) is 0 Å². The van der Waals surface area contributed by atoms with Gasteiger partial charge < -0.3 is 15.4 Å². The van der Waals surface area contributed by atoms with E-state index < -0.39 is 4.92 Å². The Bertz CT molecular complexity index is 1090. The van der Waals surface area contributed by atoms with Gasteiger partial charge in [0, 0.05) is 18.2 Å². The molecule has 0 aliphatic heterocycles. The number of nitrogens with zero attached hydrogens (tertiary/aromatic N) is 2. The van der Waals surface area contributed by atoms with Crippen LogP contribution in [0.3, 0.4) is 0 Å². The molecule has 7 nitrogen and oxygen atoms in total. The third-order valence-corrected chi connectivity index (χ3v) is 5.32. The van der Waals surface area contributed by atoms with Crippen LogP contribution in [0.15, 0.2) is 72.8 Å². The molecule has 1 unspecified atom stereocenters. The van der Waals surface area contributed by atoms with Crippen LogP contribution in [0, 0.1) is 15.9 Å². The first kappa shape index (κ1) is 23.9. The Morgan fingerprint density at radius 3 is 2.45 bits per heavy atom. The fraction of sp³-hybridized carbons (Fsp3) is 0.240. The molecule has 0 radical (unpaired) electrons. The summed E-state index contributed by atoms with van der Waals surface area (Å²) in [5, 5.41) is 11.7. The third-order valence-electron chi connectivity index (χ3n) is 5.32. The lowest BCUT2D eigenvalue weighted by Gasteiger charge is -2.30. The lowest BCUT2D eigenvalue weighted by molar-refractivity contribution is -0.386. The van der Waals surface area contributed by atoms with E-state index in [4.69, 9.17) is 10.5 Å². The fourth-order valence-electron chi connectivity index (χ4n) is 3.47. The number of hydrogen-bond acceptors (Lipinski definition) is 5. The van der Waals surface area contributed by atoms with E-state index in [9.17, 15) is 19.3 Å². The molecule has 0 saturated carbocycles. The minimum absolute atomic E-state index is 0.0838. The van der Waals surface area contributed by atoms with E-state index in [2.05, 4.69) is 0 Å². The highest BCUT2D eigenvalue weighted by Gasteiger charge is 2.26. The van der Waals surface area contributed by atoms with Crippen LogP contribution in [0.25, 0.3) is 0 Å². The second kappa shape index (κ2) is 11.2. The summed E-state index contributed by atoms with van der Waals surface area (Å²) in [5.41, 5.74) is 7.14. The largest absolute Gasteiger partial charge is 0.482 e. The molecule has 0 aromatic heterocycles. The normalized spacial score (nSPS) is 11.6. The van der Waals surface area contributed by atoms with Crippen molar-refractivity contribution in [3.63, 3.8) is 0 Å². The number of nitro benzene ring substituents is 1. The van der Waals surface area contributed by atoms with Gasteiger partial charge in [0.2, 0.25) is 0 Å². The molecule has 3 rings (SSSR count). The van der Waals surface area contributed by atoms with Crippen molar-refractivity contribution < 1.29 is 18.8 Å². The number of rotatable bonds is 10. The highest BCUT2D eigenvalue weighted by molar-refractivity contribution is 5.95. The first-order valence-corrected chi connectivity index (χ1v) is 10.6. The molecule has 3 aromatic carbocycles. The van der Waals surface area contributed by atoms with Crippen molar-refractivity contribution in [2.75, 3.05) is 13.1 Å². The fourth-order valence-corrected chi connectivity index (χ4v) is 3.47. The molecule has 172 valence electrons. The van der Waals surface area contributed by atoms with E-state index in [1.165, 1.54) is 30.3 Å². The number of amides is 1. The maximum atomic E-state index is 13.3. The zero-order valence-electron chi connectivity index (χ0n) is 18.3. The smallest absolute Gasteiger partial charge is 0.311 e. The predicted molar refractivity (Wildman–Crippen MR) is 123 cm³/mol. The van der Waals surface area contributed by atoms with Gasteiger partial charge >= 0.3 is 5.69 Å². The quantitative estimate of drug-likeness (QED) is 0.350. The Hall–Kier alpha value is -3.78. The summed E-state index contributed by atoms with van der Waals surface area (Å²) in [5.74, 6) is -0.661. The van der Waals surface area contributed by atoms with Gasteiger partial charge in [-0.1, -0.05) is 42.5 Å². The van der Waals surface area contributed by atoms with Gasteiger partial charge in [-0.25, -0.2) is 4.39 Å². The SMILES string of the molecule is CC(c1ccc(F)cc1)N(CCCN)C(=O)c1ccc(OCc2ccccc2)c([N+](=O)[O-])c1. The highest BCUT2D eigenvalue weighted by atomic mass is 19.1. The molecule has 0 fully saturated rings. The van der Waals surface area contributed by atoms with Crippen LogP contribution in [-0.2, 0) is 6.61 Å². The first-order valence-electron chi connectivity index (χ1n) is 10.6. The average molecular weight is 451 g/mol. The van der Waals surface area contributed by atoms with Gasteiger partial charge in [-0.15, -0.1) is 0 Å². The van der Waals surface area contributed by atoms with Crippen molar-refractivity contribution in [2.45, 2.75) is 26.0 Å². The van der Waals surface area contributed by atoms with Crippen LogP contribution in [0.5, 0.6) is 5.75 Å². The molecule has 0 aliphatic carbocycles. The molecule has 33 heavy (non-hydrogen) atoms. The lowest BCUT2D eigenvalue weighted by Crippen LogP contribution is -2.35. The Kier molecular flexibility index (Phi) is 8.10. The van der Waals surface area contributed by atoms with Gasteiger partial charge in [-0.3, -0.25) is 14.9 Å². The molecule has 0 bridgehead atoms. The number of benzene rings is 3.